The number of Topliss-reactive ketones (excluding diaryl/α,β-unsaturated/α-hetero) is 1. The van der Waals surface area contributed by atoms with Crippen molar-refractivity contribution < 1.29 is 23.8 Å². The summed E-state index contributed by atoms with van der Waals surface area (Å²) in [5.41, 5.74) is 0.0667. The van der Waals surface area contributed by atoms with Crippen LogP contribution in [-0.4, -0.2) is 37.2 Å². The first-order chi connectivity index (χ1) is 10.8. The normalized spacial score (nSPS) is 13.3. The lowest BCUT2D eigenvalue weighted by Crippen LogP contribution is -2.33. The minimum Gasteiger partial charge on any atom is -0.486 e. The van der Waals surface area contributed by atoms with Gasteiger partial charge in [0, 0.05) is 18.5 Å². The molecule has 0 spiro atoms. The van der Waals surface area contributed by atoms with Crippen molar-refractivity contribution in [2.45, 2.75) is 39.2 Å². The fourth-order valence-electron chi connectivity index (χ4n) is 2.11. The molecule has 1 aliphatic rings. The van der Waals surface area contributed by atoms with Crippen molar-refractivity contribution in [3.8, 4) is 11.5 Å². The van der Waals surface area contributed by atoms with E-state index in [0.717, 1.165) is 0 Å². The molecule has 0 unspecified atom stereocenters. The molecule has 1 aromatic carbocycles. The van der Waals surface area contributed by atoms with Gasteiger partial charge in [-0.25, -0.2) is 4.79 Å². The van der Waals surface area contributed by atoms with Gasteiger partial charge < -0.3 is 19.5 Å². The number of rotatable bonds is 5. The van der Waals surface area contributed by atoms with Gasteiger partial charge in [0.25, 0.3) is 0 Å². The third-order valence-electron chi connectivity index (χ3n) is 3.11. The second-order valence-electron chi connectivity index (χ2n) is 6.31. The van der Waals surface area contributed by atoms with Gasteiger partial charge in [-0.3, -0.25) is 4.79 Å². The van der Waals surface area contributed by atoms with Crippen LogP contribution in [0.4, 0.5) is 4.79 Å². The van der Waals surface area contributed by atoms with E-state index < -0.39 is 11.7 Å². The molecule has 6 heteroatoms. The summed E-state index contributed by atoms with van der Waals surface area (Å²) in [7, 11) is 0. The zero-order valence-electron chi connectivity index (χ0n) is 13.8. The lowest BCUT2D eigenvalue weighted by molar-refractivity contribution is 0.0525. The zero-order chi connectivity index (χ0) is 16.9. The van der Waals surface area contributed by atoms with Crippen LogP contribution in [0.25, 0.3) is 0 Å². The molecule has 1 N–H and O–H groups in total. The number of hydrogen-bond acceptors (Lipinski definition) is 5. The number of amides is 1. The van der Waals surface area contributed by atoms with E-state index in [2.05, 4.69) is 5.32 Å². The van der Waals surface area contributed by atoms with Crippen LogP contribution >= 0.6 is 0 Å². The molecule has 0 saturated heterocycles. The zero-order valence-corrected chi connectivity index (χ0v) is 13.8. The lowest BCUT2D eigenvalue weighted by Gasteiger charge is -2.19. The predicted octanol–water partition coefficient (Wildman–Crippen LogP) is 2.95. The second-order valence-corrected chi connectivity index (χ2v) is 6.31. The number of fused-ring (bicyclic) bond motifs is 1. The van der Waals surface area contributed by atoms with Gasteiger partial charge >= 0.3 is 6.09 Å². The van der Waals surface area contributed by atoms with E-state index in [9.17, 15) is 9.59 Å². The first-order valence-corrected chi connectivity index (χ1v) is 7.75. The van der Waals surface area contributed by atoms with Crippen LogP contribution in [0.5, 0.6) is 11.5 Å². The van der Waals surface area contributed by atoms with Crippen molar-refractivity contribution in [2.75, 3.05) is 19.8 Å². The van der Waals surface area contributed by atoms with Gasteiger partial charge in [-0.2, -0.15) is 0 Å². The Hall–Kier alpha value is -2.24. The topological polar surface area (TPSA) is 73.9 Å². The summed E-state index contributed by atoms with van der Waals surface area (Å²) in [5, 5.41) is 2.64. The molecule has 6 nitrogen and oxygen atoms in total. The van der Waals surface area contributed by atoms with E-state index in [-0.39, 0.29) is 5.78 Å². The number of carbonyl (C=O) groups is 2. The van der Waals surface area contributed by atoms with Crippen LogP contribution in [-0.2, 0) is 4.74 Å². The van der Waals surface area contributed by atoms with Crippen molar-refractivity contribution in [1.82, 2.24) is 5.32 Å². The molecular weight excluding hydrogens is 298 g/mol. The molecule has 1 aliphatic heterocycles. The Morgan fingerprint density at radius 3 is 2.57 bits per heavy atom. The SMILES string of the molecule is CC(C)(C)OC(=O)NCCCC(=O)c1ccc2c(c1)OCCO2. The highest BCUT2D eigenvalue weighted by molar-refractivity contribution is 5.96. The standard InChI is InChI=1S/C17H23NO5/c1-17(2,3)23-16(20)18-8-4-5-13(19)12-6-7-14-15(11-12)22-10-9-21-14/h6-7,11H,4-5,8-10H2,1-3H3,(H,18,20). The predicted molar refractivity (Wildman–Crippen MR) is 85.2 cm³/mol. The molecule has 0 fully saturated rings. The van der Waals surface area contributed by atoms with E-state index in [1.807, 2.05) is 0 Å². The number of ketones is 1. The molecule has 0 aliphatic carbocycles. The minimum atomic E-state index is -0.523. The largest absolute Gasteiger partial charge is 0.486 e. The van der Waals surface area contributed by atoms with Gasteiger partial charge in [-0.15, -0.1) is 0 Å². The van der Waals surface area contributed by atoms with E-state index in [1.165, 1.54) is 0 Å². The van der Waals surface area contributed by atoms with Crippen molar-refractivity contribution in [3.63, 3.8) is 0 Å². The van der Waals surface area contributed by atoms with Crippen LogP contribution in [0.2, 0.25) is 0 Å². The Labute approximate surface area is 136 Å². The third kappa shape index (κ3) is 5.47. The Bertz CT molecular complexity index is 577. The van der Waals surface area contributed by atoms with Crippen molar-refractivity contribution in [2.24, 2.45) is 0 Å². The minimum absolute atomic E-state index is 0.00737. The fraction of sp³-hybridized carbons (Fsp3) is 0.529. The Morgan fingerprint density at radius 1 is 1.17 bits per heavy atom. The second kappa shape index (κ2) is 7.35. The highest BCUT2D eigenvalue weighted by Crippen LogP contribution is 2.31. The average molecular weight is 321 g/mol. The van der Waals surface area contributed by atoms with Crippen molar-refractivity contribution >= 4 is 11.9 Å². The fourth-order valence-corrected chi connectivity index (χ4v) is 2.11. The van der Waals surface area contributed by atoms with Gasteiger partial charge in [0.05, 0.1) is 0 Å². The quantitative estimate of drug-likeness (QED) is 0.667. The number of nitrogens with one attached hydrogen (secondary N) is 1. The number of carbonyl (C=O) groups excluding carboxylic acids is 2. The number of alkyl carbamates (subject to hydrolysis) is 1. The monoisotopic (exact) mass is 321 g/mol. The highest BCUT2D eigenvalue weighted by atomic mass is 16.6. The number of ether oxygens (including phenoxy) is 3. The van der Waals surface area contributed by atoms with E-state index >= 15 is 0 Å². The number of hydrogen-bond donors (Lipinski definition) is 1. The van der Waals surface area contributed by atoms with Gasteiger partial charge in [0.2, 0.25) is 0 Å². The summed E-state index contributed by atoms with van der Waals surface area (Å²) < 4.78 is 16.0. The van der Waals surface area contributed by atoms with Gasteiger partial charge in [0.1, 0.15) is 18.8 Å². The number of benzene rings is 1. The van der Waals surface area contributed by atoms with Crippen molar-refractivity contribution in [1.29, 1.82) is 0 Å². The van der Waals surface area contributed by atoms with E-state index in [0.29, 0.717) is 49.7 Å². The average Bonchev–Trinajstić information content (AvgIpc) is 2.49. The maximum atomic E-state index is 12.2. The van der Waals surface area contributed by atoms with Crippen LogP contribution < -0.4 is 14.8 Å². The molecule has 0 saturated carbocycles. The summed E-state index contributed by atoms with van der Waals surface area (Å²) in [6.07, 6.45) is 0.423. The van der Waals surface area contributed by atoms with E-state index in [1.54, 1.807) is 39.0 Å². The highest BCUT2D eigenvalue weighted by Gasteiger charge is 2.16. The molecule has 0 radical (unpaired) electrons. The molecule has 0 atom stereocenters. The van der Waals surface area contributed by atoms with Crippen LogP contribution in [0.1, 0.15) is 44.0 Å². The van der Waals surface area contributed by atoms with Gasteiger partial charge in [-0.1, -0.05) is 0 Å². The van der Waals surface area contributed by atoms with Gasteiger partial charge in [-0.05, 0) is 45.4 Å². The molecule has 1 amide bonds. The Morgan fingerprint density at radius 2 is 1.87 bits per heavy atom. The molecule has 0 aromatic heterocycles. The summed E-state index contributed by atoms with van der Waals surface area (Å²) >= 11 is 0. The van der Waals surface area contributed by atoms with Crippen molar-refractivity contribution in [3.05, 3.63) is 23.8 Å². The maximum absolute atomic E-state index is 12.2. The molecule has 23 heavy (non-hydrogen) atoms. The summed E-state index contributed by atoms with van der Waals surface area (Å²) in [6, 6.07) is 5.19. The Kier molecular flexibility index (Phi) is 5.47. The molecule has 2 rings (SSSR count). The third-order valence-corrected chi connectivity index (χ3v) is 3.11. The molecule has 1 heterocycles. The molecule has 0 bridgehead atoms. The Balaban J connectivity index is 1.76. The molecular formula is C17H23NO5. The summed E-state index contributed by atoms with van der Waals surface area (Å²) in [5.74, 6) is 1.28. The summed E-state index contributed by atoms with van der Waals surface area (Å²) in [4.78, 5) is 23.6. The van der Waals surface area contributed by atoms with Crippen LogP contribution in [0.3, 0.4) is 0 Å². The molecule has 1 aromatic rings. The van der Waals surface area contributed by atoms with Crippen LogP contribution in [0.15, 0.2) is 18.2 Å². The van der Waals surface area contributed by atoms with Gasteiger partial charge in [0.15, 0.2) is 17.3 Å². The summed E-state index contributed by atoms with van der Waals surface area (Å²) in [6.45, 7) is 6.82. The maximum Gasteiger partial charge on any atom is 0.407 e. The first-order valence-electron chi connectivity index (χ1n) is 7.75. The molecule has 126 valence electrons. The smallest absolute Gasteiger partial charge is 0.407 e. The first kappa shape index (κ1) is 17.1. The van der Waals surface area contributed by atoms with Crippen LogP contribution in [0, 0.1) is 0 Å². The lowest BCUT2D eigenvalue weighted by atomic mass is 10.1. The van der Waals surface area contributed by atoms with E-state index in [4.69, 9.17) is 14.2 Å².